The molecule has 3 heteroatoms. The zero-order valence-corrected chi connectivity index (χ0v) is 12.7. The lowest BCUT2D eigenvalue weighted by molar-refractivity contribution is -0.124. The third-order valence-electron chi connectivity index (χ3n) is 4.20. The monoisotopic (exact) mass is 274 g/mol. The minimum absolute atomic E-state index is 0.138. The molecule has 0 radical (unpaired) electrons. The Morgan fingerprint density at radius 3 is 2.30 bits per heavy atom. The van der Waals surface area contributed by atoms with Gasteiger partial charge in [-0.2, -0.15) is 0 Å². The van der Waals surface area contributed by atoms with E-state index in [4.69, 9.17) is 0 Å². The highest BCUT2D eigenvalue weighted by Crippen LogP contribution is 2.13. The summed E-state index contributed by atoms with van der Waals surface area (Å²) in [7, 11) is 0. The van der Waals surface area contributed by atoms with Gasteiger partial charge in [0.25, 0.3) is 0 Å². The minimum atomic E-state index is 0.138. The third kappa shape index (κ3) is 3.90. The Hall–Kier alpha value is -1.19. The van der Waals surface area contributed by atoms with E-state index in [2.05, 4.69) is 47.1 Å². The number of carbonyl (C=O) groups is 1. The zero-order valence-electron chi connectivity index (χ0n) is 12.7. The number of benzene rings is 1. The molecule has 1 atom stereocenters. The van der Waals surface area contributed by atoms with Gasteiger partial charge in [-0.25, -0.2) is 0 Å². The lowest BCUT2D eigenvalue weighted by Crippen LogP contribution is -2.52. The van der Waals surface area contributed by atoms with Crippen LogP contribution in [0.5, 0.6) is 0 Å². The average molecular weight is 274 g/mol. The molecule has 110 valence electrons. The SMILES string of the molecule is CCC(=O)C(CC)N1CCN(Cc2ccccc2)CC1. The molecule has 0 aromatic heterocycles. The van der Waals surface area contributed by atoms with Gasteiger partial charge in [-0.3, -0.25) is 14.6 Å². The van der Waals surface area contributed by atoms with Gasteiger partial charge in [-0.1, -0.05) is 44.2 Å². The molecule has 0 amide bonds. The van der Waals surface area contributed by atoms with Crippen LogP contribution in [0.1, 0.15) is 32.3 Å². The van der Waals surface area contributed by atoms with Crippen LogP contribution in [-0.4, -0.2) is 47.8 Å². The third-order valence-corrected chi connectivity index (χ3v) is 4.20. The maximum atomic E-state index is 12.0. The summed E-state index contributed by atoms with van der Waals surface area (Å²) in [5.41, 5.74) is 1.37. The molecule has 1 aromatic carbocycles. The van der Waals surface area contributed by atoms with E-state index in [1.54, 1.807) is 0 Å². The van der Waals surface area contributed by atoms with Crippen LogP contribution >= 0.6 is 0 Å². The number of hydrogen-bond acceptors (Lipinski definition) is 3. The summed E-state index contributed by atoms with van der Waals surface area (Å²) in [6, 6.07) is 10.8. The lowest BCUT2D eigenvalue weighted by atomic mass is 10.0. The molecule has 3 nitrogen and oxygen atoms in total. The van der Waals surface area contributed by atoms with Crippen molar-refractivity contribution in [1.29, 1.82) is 0 Å². The molecule has 1 unspecified atom stereocenters. The number of carbonyl (C=O) groups excluding carboxylic acids is 1. The lowest BCUT2D eigenvalue weighted by Gasteiger charge is -2.38. The molecule has 0 spiro atoms. The van der Waals surface area contributed by atoms with E-state index < -0.39 is 0 Å². The fraction of sp³-hybridized carbons (Fsp3) is 0.588. The van der Waals surface area contributed by atoms with Crippen LogP contribution in [0, 0.1) is 0 Å². The minimum Gasteiger partial charge on any atom is -0.298 e. The molecule has 0 aliphatic carbocycles. The van der Waals surface area contributed by atoms with E-state index in [0.717, 1.165) is 39.1 Å². The second kappa shape index (κ2) is 7.55. The summed E-state index contributed by atoms with van der Waals surface area (Å²) < 4.78 is 0. The quantitative estimate of drug-likeness (QED) is 0.796. The summed E-state index contributed by atoms with van der Waals surface area (Å²) in [6.07, 6.45) is 1.59. The van der Waals surface area contributed by atoms with Crippen molar-refractivity contribution in [1.82, 2.24) is 9.80 Å². The van der Waals surface area contributed by atoms with Crippen molar-refractivity contribution in [3.63, 3.8) is 0 Å². The second-order valence-corrected chi connectivity index (χ2v) is 5.54. The highest BCUT2D eigenvalue weighted by molar-refractivity contribution is 5.83. The van der Waals surface area contributed by atoms with E-state index in [1.165, 1.54) is 5.56 Å². The summed E-state index contributed by atoms with van der Waals surface area (Å²) in [5, 5.41) is 0. The molecule has 1 fully saturated rings. The molecule has 2 rings (SSSR count). The summed E-state index contributed by atoms with van der Waals surface area (Å²) in [4.78, 5) is 16.8. The van der Waals surface area contributed by atoms with Gasteiger partial charge in [-0.15, -0.1) is 0 Å². The number of rotatable bonds is 6. The topological polar surface area (TPSA) is 23.6 Å². The normalized spacial score (nSPS) is 18.9. The molecule has 1 saturated heterocycles. The molecule has 1 aliphatic heterocycles. The molecule has 1 aliphatic rings. The van der Waals surface area contributed by atoms with Crippen LogP contribution < -0.4 is 0 Å². The molecule has 0 N–H and O–H groups in total. The first-order valence-corrected chi connectivity index (χ1v) is 7.77. The molecular formula is C17H26N2O. The van der Waals surface area contributed by atoms with Crippen LogP contribution in [-0.2, 0) is 11.3 Å². The van der Waals surface area contributed by atoms with E-state index in [0.29, 0.717) is 12.2 Å². The maximum Gasteiger partial charge on any atom is 0.149 e. The van der Waals surface area contributed by atoms with Crippen molar-refractivity contribution in [2.24, 2.45) is 0 Å². The highest BCUT2D eigenvalue weighted by atomic mass is 16.1. The number of Topliss-reactive ketones (excluding diaryl/α,β-unsaturated/α-hetero) is 1. The van der Waals surface area contributed by atoms with Crippen LogP contribution in [0.15, 0.2) is 30.3 Å². The van der Waals surface area contributed by atoms with Crippen LogP contribution in [0.2, 0.25) is 0 Å². The van der Waals surface area contributed by atoms with Gasteiger partial charge in [0, 0.05) is 39.1 Å². The smallest absolute Gasteiger partial charge is 0.149 e. The number of piperazine rings is 1. The first kappa shape index (κ1) is 15.2. The standard InChI is InChI=1S/C17H26N2O/c1-3-16(17(20)4-2)19-12-10-18(11-13-19)14-15-8-6-5-7-9-15/h5-9,16H,3-4,10-14H2,1-2H3. The van der Waals surface area contributed by atoms with Crippen LogP contribution in [0.3, 0.4) is 0 Å². The Morgan fingerprint density at radius 2 is 1.75 bits per heavy atom. The van der Waals surface area contributed by atoms with Gasteiger partial charge in [0.05, 0.1) is 6.04 Å². The fourth-order valence-electron chi connectivity index (χ4n) is 3.00. The first-order valence-electron chi connectivity index (χ1n) is 7.77. The zero-order chi connectivity index (χ0) is 14.4. The number of hydrogen-bond donors (Lipinski definition) is 0. The van der Waals surface area contributed by atoms with Crippen molar-refractivity contribution in [2.45, 2.75) is 39.3 Å². The molecular weight excluding hydrogens is 248 g/mol. The van der Waals surface area contributed by atoms with E-state index in [9.17, 15) is 4.79 Å². The average Bonchev–Trinajstić information content (AvgIpc) is 2.50. The van der Waals surface area contributed by atoms with Crippen LogP contribution in [0.25, 0.3) is 0 Å². The van der Waals surface area contributed by atoms with Gasteiger partial charge in [-0.05, 0) is 12.0 Å². The Kier molecular flexibility index (Phi) is 5.74. The Labute approximate surface area is 122 Å². The van der Waals surface area contributed by atoms with Gasteiger partial charge in [0.2, 0.25) is 0 Å². The van der Waals surface area contributed by atoms with Gasteiger partial charge in [0.15, 0.2) is 0 Å². The summed E-state index contributed by atoms with van der Waals surface area (Å²) >= 11 is 0. The van der Waals surface area contributed by atoms with Gasteiger partial charge < -0.3 is 0 Å². The van der Waals surface area contributed by atoms with E-state index >= 15 is 0 Å². The number of ketones is 1. The Bertz CT molecular complexity index is 410. The predicted octanol–water partition coefficient (Wildman–Crippen LogP) is 2.56. The molecule has 0 bridgehead atoms. The van der Waals surface area contributed by atoms with Crippen molar-refractivity contribution >= 4 is 5.78 Å². The second-order valence-electron chi connectivity index (χ2n) is 5.54. The van der Waals surface area contributed by atoms with Crippen LogP contribution in [0.4, 0.5) is 0 Å². The van der Waals surface area contributed by atoms with Gasteiger partial charge >= 0.3 is 0 Å². The number of nitrogens with zero attached hydrogens (tertiary/aromatic N) is 2. The molecule has 1 aromatic rings. The van der Waals surface area contributed by atoms with E-state index in [1.807, 2.05) is 6.92 Å². The summed E-state index contributed by atoms with van der Waals surface area (Å²) in [5.74, 6) is 0.393. The molecule has 1 heterocycles. The highest BCUT2D eigenvalue weighted by Gasteiger charge is 2.26. The fourth-order valence-corrected chi connectivity index (χ4v) is 3.00. The largest absolute Gasteiger partial charge is 0.298 e. The van der Waals surface area contributed by atoms with Crippen molar-refractivity contribution in [3.05, 3.63) is 35.9 Å². The molecule has 20 heavy (non-hydrogen) atoms. The molecule has 0 saturated carbocycles. The predicted molar refractivity (Wildman–Crippen MR) is 82.7 cm³/mol. The van der Waals surface area contributed by atoms with Crippen molar-refractivity contribution in [3.8, 4) is 0 Å². The Balaban J connectivity index is 1.84. The maximum absolute atomic E-state index is 12.0. The van der Waals surface area contributed by atoms with Crippen molar-refractivity contribution < 1.29 is 4.79 Å². The van der Waals surface area contributed by atoms with Gasteiger partial charge in [0.1, 0.15) is 5.78 Å². The van der Waals surface area contributed by atoms with Crippen molar-refractivity contribution in [2.75, 3.05) is 26.2 Å². The summed E-state index contributed by atoms with van der Waals surface area (Å²) in [6.45, 7) is 9.25. The first-order chi connectivity index (χ1) is 9.74. The Morgan fingerprint density at radius 1 is 1.10 bits per heavy atom. The van der Waals surface area contributed by atoms with E-state index in [-0.39, 0.29) is 6.04 Å².